The average Bonchev–Trinajstić information content (AvgIpc) is 2.86. The Morgan fingerprint density at radius 2 is 1.80 bits per heavy atom. The number of amides is 2. The van der Waals surface area contributed by atoms with Crippen LogP contribution in [0.15, 0.2) is 24.3 Å². The molecule has 1 fully saturated rings. The first-order valence-electron chi connectivity index (χ1n) is 9.43. The molecule has 25 heavy (non-hydrogen) atoms. The lowest BCUT2D eigenvalue weighted by Crippen LogP contribution is -2.37. The Morgan fingerprint density at radius 1 is 1.08 bits per heavy atom. The third-order valence-corrected chi connectivity index (χ3v) is 4.99. The van der Waals surface area contributed by atoms with E-state index in [9.17, 15) is 9.59 Å². The van der Waals surface area contributed by atoms with Crippen molar-refractivity contribution in [1.82, 2.24) is 9.80 Å². The van der Waals surface area contributed by atoms with Gasteiger partial charge in [-0.3, -0.25) is 14.5 Å². The monoisotopic (exact) mass is 345 g/mol. The van der Waals surface area contributed by atoms with Crippen LogP contribution < -0.4 is 5.32 Å². The van der Waals surface area contributed by atoms with Crippen LogP contribution in [0.4, 0.5) is 5.69 Å². The summed E-state index contributed by atoms with van der Waals surface area (Å²) in [4.78, 5) is 28.2. The molecule has 0 saturated carbocycles. The van der Waals surface area contributed by atoms with Gasteiger partial charge in [-0.1, -0.05) is 32.9 Å². The fourth-order valence-electron chi connectivity index (χ4n) is 3.14. The SMILES string of the molecule is CCC(=O)N1CCCN(CC(=O)Nc2ccc(C(C)CC)cc2)CC1. The number of benzene rings is 1. The van der Waals surface area contributed by atoms with E-state index in [1.165, 1.54) is 5.56 Å². The summed E-state index contributed by atoms with van der Waals surface area (Å²) in [7, 11) is 0. The van der Waals surface area contributed by atoms with Crippen molar-refractivity contribution >= 4 is 17.5 Å². The maximum Gasteiger partial charge on any atom is 0.238 e. The number of nitrogens with zero attached hydrogens (tertiary/aromatic N) is 2. The lowest BCUT2D eigenvalue weighted by Gasteiger charge is -2.21. The molecule has 1 aromatic carbocycles. The van der Waals surface area contributed by atoms with Crippen LogP contribution in [0.25, 0.3) is 0 Å². The molecule has 0 aliphatic carbocycles. The van der Waals surface area contributed by atoms with Crippen molar-refractivity contribution in [3.05, 3.63) is 29.8 Å². The largest absolute Gasteiger partial charge is 0.341 e. The van der Waals surface area contributed by atoms with E-state index in [1.807, 2.05) is 24.0 Å². The molecule has 1 aliphatic heterocycles. The van der Waals surface area contributed by atoms with Gasteiger partial charge in [0, 0.05) is 38.3 Å². The van der Waals surface area contributed by atoms with Crippen LogP contribution in [-0.2, 0) is 9.59 Å². The Labute approximate surface area is 151 Å². The number of carbonyl (C=O) groups is 2. The van der Waals surface area contributed by atoms with Crippen LogP contribution in [-0.4, -0.2) is 54.3 Å². The molecule has 0 radical (unpaired) electrons. The Morgan fingerprint density at radius 3 is 2.44 bits per heavy atom. The van der Waals surface area contributed by atoms with Crippen molar-refractivity contribution < 1.29 is 9.59 Å². The van der Waals surface area contributed by atoms with Crippen molar-refractivity contribution in [3.8, 4) is 0 Å². The summed E-state index contributed by atoms with van der Waals surface area (Å²) in [6.45, 7) is 9.77. The Hall–Kier alpha value is -1.88. The molecule has 0 bridgehead atoms. The number of carbonyl (C=O) groups excluding carboxylic acids is 2. The van der Waals surface area contributed by atoms with E-state index in [2.05, 4.69) is 36.2 Å². The predicted molar refractivity (Wildman–Crippen MR) is 102 cm³/mol. The zero-order chi connectivity index (χ0) is 18.2. The Kier molecular flexibility index (Phi) is 7.44. The molecule has 1 N–H and O–H groups in total. The van der Waals surface area contributed by atoms with E-state index in [4.69, 9.17) is 0 Å². The first kappa shape index (κ1) is 19.4. The maximum atomic E-state index is 12.3. The van der Waals surface area contributed by atoms with Crippen LogP contribution >= 0.6 is 0 Å². The highest BCUT2D eigenvalue weighted by atomic mass is 16.2. The molecule has 0 aromatic heterocycles. The quantitative estimate of drug-likeness (QED) is 0.862. The number of rotatable bonds is 6. The highest BCUT2D eigenvalue weighted by Crippen LogP contribution is 2.20. The van der Waals surface area contributed by atoms with Gasteiger partial charge in [-0.25, -0.2) is 0 Å². The van der Waals surface area contributed by atoms with E-state index in [1.54, 1.807) is 0 Å². The van der Waals surface area contributed by atoms with Gasteiger partial charge in [0.25, 0.3) is 0 Å². The van der Waals surface area contributed by atoms with Crippen molar-refractivity contribution in [2.75, 3.05) is 38.0 Å². The topological polar surface area (TPSA) is 52.7 Å². The van der Waals surface area contributed by atoms with Crippen molar-refractivity contribution in [1.29, 1.82) is 0 Å². The van der Waals surface area contributed by atoms with E-state index >= 15 is 0 Å². The molecule has 1 heterocycles. The van der Waals surface area contributed by atoms with E-state index in [0.29, 0.717) is 25.4 Å². The molecule has 1 atom stereocenters. The van der Waals surface area contributed by atoms with E-state index < -0.39 is 0 Å². The zero-order valence-corrected chi connectivity index (χ0v) is 15.8. The van der Waals surface area contributed by atoms with Crippen LogP contribution in [0.2, 0.25) is 0 Å². The van der Waals surface area contributed by atoms with Crippen LogP contribution in [0.1, 0.15) is 51.5 Å². The standard InChI is InChI=1S/C20H31N3O2/c1-4-16(3)17-7-9-18(10-8-17)21-19(24)15-22-11-6-12-23(14-13-22)20(25)5-2/h7-10,16H,4-6,11-15H2,1-3H3,(H,21,24). The second kappa shape index (κ2) is 9.56. The molecule has 1 aliphatic rings. The van der Waals surface area contributed by atoms with Crippen molar-refractivity contribution in [3.63, 3.8) is 0 Å². The first-order valence-corrected chi connectivity index (χ1v) is 9.43. The van der Waals surface area contributed by atoms with Gasteiger partial charge in [0.2, 0.25) is 11.8 Å². The maximum absolute atomic E-state index is 12.3. The van der Waals surface area contributed by atoms with Crippen molar-refractivity contribution in [2.45, 2.75) is 46.0 Å². The molecule has 1 aromatic rings. The third-order valence-electron chi connectivity index (χ3n) is 4.99. The zero-order valence-electron chi connectivity index (χ0n) is 15.8. The van der Waals surface area contributed by atoms with Crippen LogP contribution in [0.5, 0.6) is 0 Å². The molecule has 0 spiro atoms. The second-order valence-electron chi connectivity index (χ2n) is 6.84. The summed E-state index contributed by atoms with van der Waals surface area (Å²) in [6, 6.07) is 8.13. The first-order chi connectivity index (χ1) is 12.0. The normalized spacial score (nSPS) is 17.0. The number of anilines is 1. The van der Waals surface area contributed by atoms with E-state index in [0.717, 1.165) is 38.2 Å². The molecule has 5 nitrogen and oxygen atoms in total. The Balaban J connectivity index is 1.82. The number of nitrogens with one attached hydrogen (secondary N) is 1. The van der Waals surface area contributed by atoms with Crippen molar-refractivity contribution in [2.24, 2.45) is 0 Å². The minimum absolute atomic E-state index is 0.00607. The molecule has 5 heteroatoms. The van der Waals surface area contributed by atoms with Gasteiger partial charge in [-0.2, -0.15) is 0 Å². The highest BCUT2D eigenvalue weighted by molar-refractivity contribution is 5.92. The molecule has 2 rings (SSSR count). The fraction of sp³-hybridized carbons (Fsp3) is 0.600. The molecule has 138 valence electrons. The minimum atomic E-state index is 0.00607. The van der Waals surface area contributed by atoms with Crippen LogP contribution in [0, 0.1) is 0 Å². The Bertz CT molecular complexity index is 571. The van der Waals surface area contributed by atoms with Gasteiger partial charge in [0.05, 0.1) is 6.54 Å². The molecular weight excluding hydrogens is 314 g/mol. The summed E-state index contributed by atoms with van der Waals surface area (Å²) < 4.78 is 0. The van der Waals surface area contributed by atoms with Gasteiger partial charge in [0.1, 0.15) is 0 Å². The van der Waals surface area contributed by atoms with Gasteiger partial charge < -0.3 is 10.2 Å². The molecule has 1 unspecified atom stereocenters. The highest BCUT2D eigenvalue weighted by Gasteiger charge is 2.19. The third kappa shape index (κ3) is 5.85. The second-order valence-corrected chi connectivity index (χ2v) is 6.84. The summed E-state index contributed by atoms with van der Waals surface area (Å²) in [6.07, 6.45) is 2.58. The summed E-state index contributed by atoms with van der Waals surface area (Å²) in [5.41, 5.74) is 2.14. The van der Waals surface area contributed by atoms with Crippen LogP contribution in [0.3, 0.4) is 0 Å². The minimum Gasteiger partial charge on any atom is -0.341 e. The fourth-order valence-corrected chi connectivity index (χ4v) is 3.14. The molecular formula is C20H31N3O2. The summed E-state index contributed by atoms with van der Waals surface area (Å²) in [5, 5.41) is 2.98. The lowest BCUT2D eigenvalue weighted by molar-refractivity contribution is -0.130. The van der Waals surface area contributed by atoms with Gasteiger partial charge in [0.15, 0.2) is 0 Å². The van der Waals surface area contributed by atoms with Gasteiger partial charge >= 0.3 is 0 Å². The average molecular weight is 345 g/mol. The number of hydrogen-bond acceptors (Lipinski definition) is 3. The molecule has 2 amide bonds. The smallest absolute Gasteiger partial charge is 0.238 e. The van der Waals surface area contributed by atoms with Gasteiger partial charge in [-0.15, -0.1) is 0 Å². The lowest BCUT2D eigenvalue weighted by atomic mass is 9.99. The summed E-state index contributed by atoms with van der Waals surface area (Å²) >= 11 is 0. The van der Waals surface area contributed by atoms with Gasteiger partial charge in [-0.05, 0) is 36.5 Å². The molecule has 1 saturated heterocycles. The summed E-state index contributed by atoms with van der Waals surface area (Å²) in [5.74, 6) is 0.745. The van der Waals surface area contributed by atoms with E-state index in [-0.39, 0.29) is 11.8 Å². The predicted octanol–water partition coefficient (Wildman–Crippen LogP) is 3.08. The number of hydrogen-bond donors (Lipinski definition) is 1.